The molecule has 1 aliphatic carbocycles. The van der Waals surface area contributed by atoms with Gasteiger partial charge in [-0.2, -0.15) is 0 Å². The molecule has 2 heteroatoms. The molecule has 5 aromatic rings. The Morgan fingerprint density at radius 2 is 1.47 bits per heavy atom. The quantitative estimate of drug-likeness (QED) is 0.237. The normalized spacial score (nSPS) is 16.7. The van der Waals surface area contributed by atoms with Gasteiger partial charge in [-0.25, -0.2) is 0 Å². The summed E-state index contributed by atoms with van der Waals surface area (Å²) in [5, 5.41) is 2.47. The zero-order valence-electron chi connectivity index (χ0n) is 21.2. The van der Waals surface area contributed by atoms with E-state index in [0.717, 1.165) is 23.5 Å². The number of ether oxygens (including phenoxy) is 2. The van der Waals surface area contributed by atoms with Gasteiger partial charge in [0, 0.05) is 16.7 Å². The fraction of sp³-hybridized carbons (Fsp3) is 0.111. The van der Waals surface area contributed by atoms with E-state index in [-0.39, 0.29) is 6.61 Å². The number of rotatable bonds is 4. The molecule has 0 saturated heterocycles. The zero-order valence-corrected chi connectivity index (χ0v) is 21.2. The Hall–Kier alpha value is -4.74. The van der Waals surface area contributed by atoms with Crippen molar-refractivity contribution in [3.8, 4) is 35.0 Å². The number of hydrogen-bond donors (Lipinski definition) is 0. The highest BCUT2D eigenvalue weighted by Gasteiger charge is 2.46. The molecule has 1 heterocycles. The van der Waals surface area contributed by atoms with Gasteiger partial charge in [0.05, 0.1) is 0 Å². The van der Waals surface area contributed by atoms with E-state index in [9.17, 15) is 0 Å². The summed E-state index contributed by atoms with van der Waals surface area (Å²) in [5.74, 6) is 4.21. The first-order valence-corrected chi connectivity index (χ1v) is 12.9. The molecule has 0 aromatic heterocycles. The lowest BCUT2D eigenvalue weighted by molar-refractivity contribution is 0.165. The number of terminal acetylenes is 1. The Kier molecular flexibility index (Phi) is 5.13. The van der Waals surface area contributed by atoms with Crippen LogP contribution in [0.5, 0.6) is 11.5 Å². The van der Waals surface area contributed by atoms with Gasteiger partial charge in [0.2, 0.25) is 0 Å². The van der Waals surface area contributed by atoms with E-state index in [1.165, 1.54) is 49.7 Å². The molecule has 0 fully saturated rings. The van der Waals surface area contributed by atoms with Crippen LogP contribution < -0.4 is 9.47 Å². The average Bonchev–Trinajstić information content (AvgIpc) is 3.20. The summed E-state index contributed by atoms with van der Waals surface area (Å²) in [6.45, 7) is 2.48. The molecule has 1 atom stereocenters. The van der Waals surface area contributed by atoms with Crippen LogP contribution in [-0.2, 0) is 12.0 Å². The van der Waals surface area contributed by atoms with E-state index in [0.29, 0.717) is 0 Å². The Balaban J connectivity index is 1.28. The minimum Gasteiger partial charge on any atom is -0.481 e. The largest absolute Gasteiger partial charge is 0.481 e. The standard InChI is InChI=1S/C36H26O2/c1-3-18-37-29-15-12-25(13-16-29)19-26-14-17-35-31(20-26)24(2)23-36(38-35)33-11-7-6-10-30(33)32-21-27-8-4-5-9-28(27)22-34(32)36/h1,4-17,20-23H,18-19H2,2H3. The Morgan fingerprint density at radius 3 is 2.29 bits per heavy atom. The summed E-state index contributed by atoms with van der Waals surface area (Å²) >= 11 is 0. The highest BCUT2D eigenvalue weighted by molar-refractivity contribution is 5.94. The third-order valence-electron chi connectivity index (χ3n) is 7.72. The van der Waals surface area contributed by atoms with Gasteiger partial charge in [-0.05, 0) is 94.4 Å². The molecule has 0 bridgehead atoms. The van der Waals surface area contributed by atoms with Crippen LogP contribution >= 0.6 is 0 Å². The van der Waals surface area contributed by atoms with Gasteiger partial charge in [-0.3, -0.25) is 0 Å². The van der Waals surface area contributed by atoms with Crippen molar-refractivity contribution in [2.75, 3.05) is 6.61 Å². The molecular weight excluding hydrogens is 464 g/mol. The van der Waals surface area contributed by atoms with Gasteiger partial charge >= 0.3 is 0 Å². The fourth-order valence-corrected chi connectivity index (χ4v) is 5.96. The van der Waals surface area contributed by atoms with Gasteiger partial charge < -0.3 is 9.47 Å². The van der Waals surface area contributed by atoms with Gasteiger partial charge in [0.15, 0.2) is 5.60 Å². The number of hydrogen-bond acceptors (Lipinski definition) is 2. The van der Waals surface area contributed by atoms with Crippen LogP contribution in [-0.4, -0.2) is 6.61 Å². The lowest BCUT2D eigenvalue weighted by atomic mass is 9.84. The summed E-state index contributed by atoms with van der Waals surface area (Å²) in [7, 11) is 0. The maximum atomic E-state index is 7.00. The van der Waals surface area contributed by atoms with Gasteiger partial charge in [0.25, 0.3) is 0 Å². The first-order chi connectivity index (χ1) is 18.6. The number of fused-ring (bicyclic) bond motifs is 7. The highest BCUT2D eigenvalue weighted by Crippen LogP contribution is 2.55. The summed E-state index contributed by atoms with van der Waals surface area (Å²) in [6, 6.07) is 36.5. The van der Waals surface area contributed by atoms with E-state index in [4.69, 9.17) is 15.9 Å². The summed E-state index contributed by atoms with van der Waals surface area (Å²) in [4.78, 5) is 0. The molecule has 5 aromatic carbocycles. The first-order valence-electron chi connectivity index (χ1n) is 12.9. The third kappa shape index (κ3) is 3.51. The molecule has 0 amide bonds. The van der Waals surface area contributed by atoms with Crippen LogP contribution in [0.2, 0.25) is 0 Å². The minimum atomic E-state index is -0.636. The smallest absolute Gasteiger partial charge is 0.179 e. The molecule has 38 heavy (non-hydrogen) atoms. The van der Waals surface area contributed by atoms with E-state index < -0.39 is 5.60 Å². The van der Waals surface area contributed by atoms with Crippen molar-refractivity contribution in [3.05, 3.63) is 137 Å². The third-order valence-corrected chi connectivity index (χ3v) is 7.72. The molecule has 1 unspecified atom stereocenters. The van der Waals surface area contributed by atoms with Crippen molar-refractivity contribution in [2.24, 2.45) is 0 Å². The van der Waals surface area contributed by atoms with E-state index in [1.54, 1.807) is 0 Å². The molecule has 1 aliphatic heterocycles. The van der Waals surface area contributed by atoms with E-state index >= 15 is 0 Å². The van der Waals surface area contributed by atoms with Crippen LogP contribution in [0.15, 0.2) is 109 Å². The molecule has 2 nitrogen and oxygen atoms in total. The monoisotopic (exact) mass is 490 g/mol. The molecule has 7 rings (SSSR count). The summed E-state index contributed by atoms with van der Waals surface area (Å²) in [5.41, 5.74) is 9.10. The lowest BCUT2D eigenvalue weighted by Gasteiger charge is -2.35. The lowest BCUT2D eigenvalue weighted by Crippen LogP contribution is -2.33. The Morgan fingerprint density at radius 1 is 0.737 bits per heavy atom. The van der Waals surface area contributed by atoms with Crippen molar-refractivity contribution < 1.29 is 9.47 Å². The molecule has 182 valence electrons. The van der Waals surface area contributed by atoms with Crippen molar-refractivity contribution in [1.82, 2.24) is 0 Å². The summed E-state index contributed by atoms with van der Waals surface area (Å²) in [6.07, 6.45) is 8.44. The van der Waals surface area contributed by atoms with Gasteiger partial charge in [0.1, 0.15) is 18.1 Å². The predicted molar refractivity (Wildman–Crippen MR) is 154 cm³/mol. The van der Waals surface area contributed by atoms with E-state index in [1.807, 2.05) is 12.1 Å². The van der Waals surface area contributed by atoms with Crippen molar-refractivity contribution >= 4 is 16.3 Å². The molecule has 0 N–H and O–H groups in total. The van der Waals surface area contributed by atoms with Crippen LogP contribution in [0.1, 0.15) is 34.7 Å². The topological polar surface area (TPSA) is 18.5 Å². The van der Waals surface area contributed by atoms with Crippen LogP contribution in [0.25, 0.3) is 27.5 Å². The van der Waals surface area contributed by atoms with Gasteiger partial charge in [-0.15, -0.1) is 6.42 Å². The second-order valence-corrected chi connectivity index (χ2v) is 10.1. The number of allylic oxidation sites excluding steroid dienone is 1. The zero-order chi connectivity index (χ0) is 25.7. The summed E-state index contributed by atoms with van der Waals surface area (Å²) < 4.78 is 12.5. The van der Waals surface area contributed by atoms with Crippen molar-refractivity contribution in [1.29, 1.82) is 0 Å². The second-order valence-electron chi connectivity index (χ2n) is 10.1. The fourth-order valence-electron chi connectivity index (χ4n) is 5.96. The Bertz CT molecular complexity index is 1790. The van der Waals surface area contributed by atoms with Gasteiger partial charge in [-0.1, -0.05) is 72.7 Å². The van der Waals surface area contributed by atoms with Crippen LogP contribution in [0, 0.1) is 12.3 Å². The Labute approximate surface area is 223 Å². The first kappa shape index (κ1) is 22.5. The maximum Gasteiger partial charge on any atom is 0.179 e. The molecular formula is C36H26O2. The van der Waals surface area contributed by atoms with Crippen molar-refractivity contribution in [2.45, 2.75) is 18.9 Å². The van der Waals surface area contributed by atoms with Crippen LogP contribution in [0.4, 0.5) is 0 Å². The van der Waals surface area contributed by atoms with E-state index in [2.05, 4.69) is 110 Å². The number of benzene rings is 5. The molecule has 2 aliphatic rings. The minimum absolute atomic E-state index is 0.280. The maximum absolute atomic E-state index is 7.00. The predicted octanol–water partition coefficient (Wildman–Crippen LogP) is 8.16. The molecule has 1 spiro atoms. The second kappa shape index (κ2) is 8.68. The highest BCUT2D eigenvalue weighted by atomic mass is 16.5. The molecule has 0 saturated carbocycles. The van der Waals surface area contributed by atoms with Crippen molar-refractivity contribution in [3.63, 3.8) is 0 Å². The average molecular weight is 491 g/mol. The molecule has 0 radical (unpaired) electrons. The SMILES string of the molecule is C#CCOc1ccc(Cc2ccc3c(c2)C(C)=CC2(O3)c3ccccc3-c3cc4ccccc4cc32)cc1. The van der Waals surface area contributed by atoms with Crippen LogP contribution in [0.3, 0.4) is 0 Å².